The minimum Gasteiger partial charge on any atom is -0.322 e. The van der Waals surface area contributed by atoms with Gasteiger partial charge in [-0.05, 0) is 72.3 Å². The Morgan fingerprint density at radius 3 is 2.45 bits per heavy atom. The zero-order chi connectivity index (χ0) is 22.2. The summed E-state index contributed by atoms with van der Waals surface area (Å²) in [6.45, 7) is 0.366. The summed E-state index contributed by atoms with van der Waals surface area (Å²) in [4.78, 5) is 12.4. The van der Waals surface area contributed by atoms with E-state index < -0.39 is 27.7 Å². The molecule has 0 unspecified atom stereocenters. The summed E-state index contributed by atoms with van der Waals surface area (Å²) in [5, 5.41) is 4.37. The van der Waals surface area contributed by atoms with Crippen LogP contribution in [0.3, 0.4) is 0 Å². The topological polar surface area (TPSA) is 66.5 Å². The van der Waals surface area contributed by atoms with E-state index in [1.54, 1.807) is 35.7 Å². The number of thiophene rings is 1. The molecule has 1 aliphatic rings. The molecule has 0 saturated heterocycles. The molecule has 0 bridgehead atoms. The van der Waals surface area contributed by atoms with Crippen LogP contribution in [0, 0.1) is 0 Å². The molecule has 0 fully saturated rings. The molecule has 0 aliphatic carbocycles. The van der Waals surface area contributed by atoms with Gasteiger partial charge < -0.3 is 5.32 Å². The molecule has 5 nitrogen and oxygen atoms in total. The van der Waals surface area contributed by atoms with Crippen molar-refractivity contribution in [1.82, 2.24) is 0 Å². The number of hydrogen-bond donors (Lipinski definition) is 1. The highest BCUT2D eigenvalue weighted by molar-refractivity contribution is 7.94. The molecule has 1 aliphatic heterocycles. The number of carbonyl (C=O) groups is 1. The van der Waals surface area contributed by atoms with Gasteiger partial charge in [-0.15, -0.1) is 11.3 Å². The second-order valence-corrected chi connectivity index (χ2v) is 10.0. The van der Waals surface area contributed by atoms with Gasteiger partial charge in [-0.3, -0.25) is 9.10 Å². The van der Waals surface area contributed by atoms with Crippen LogP contribution in [0.2, 0.25) is 0 Å². The Bertz CT molecular complexity index is 1210. The largest absolute Gasteiger partial charge is 0.416 e. The number of rotatable bonds is 4. The van der Waals surface area contributed by atoms with E-state index in [9.17, 15) is 26.4 Å². The molecule has 0 radical (unpaired) electrons. The Balaban J connectivity index is 1.55. The molecule has 1 N–H and O–H groups in total. The SMILES string of the molecule is O=C(Nc1ccc2c(c1)CCCN2S(=O)(=O)c1cccs1)c1ccc(C(F)(F)F)cc1. The number of amides is 1. The maximum atomic E-state index is 12.9. The molecule has 1 aromatic heterocycles. The first-order valence-corrected chi connectivity index (χ1v) is 11.7. The Kier molecular flexibility index (Phi) is 5.52. The molecular weight excluding hydrogens is 449 g/mol. The van der Waals surface area contributed by atoms with Gasteiger partial charge in [0.05, 0.1) is 11.3 Å². The highest BCUT2D eigenvalue weighted by Gasteiger charge is 2.31. The molecule has 2 aromatic carbocycles. The van der Waals surface area contributed by atoms with Crippen molar-refractivity contribution >= 4 is 38.6 Å². The lowest BCUT2D eigenvalue weighted by Crippen LogP contribution is -2.35. The van der Waals surface area contributed by atoms with E-state index in [-0.39, 0.29) is 9.77 Å². The van der Waals surface area contributed by atoms with Gasteiger partial charge >= 0.3 is 6.18 Å². The van der Waals surface area contributed by atoms with Crippen LogP contribution in [0.15, 0.2) is 64.2 Å². The van der Waals surface area contributed by atoms with Crippen LogP contribution in [0.4, 0.5) is 24.5 Å². The molecule has 10 heteroatoms. The van der Waals surface area contributed by atoms with Crippen LogP contribution in [-0.2, 0) is 22.6 Å². The quantitative estimate of drug-likeness (QED) is 0.578. The van der Waals surface area contributed by atoms with Crippen LogP contribution in [0.5, 0.6) is 0 Å². The number of nitrogens with one attached hydrogen (secondary N) is 1. The first-order chi connectivity index (χ1) is 14.7. The van der Waals surface area contributed by atoms with Crippen LogP contribution in [-0.4, -0.2) is 20.9 Å². The van der Waals surface area contributed by atoms with E-state index in [4.69, 9.17) is 0 Å². The van der Waals surface area contributed by atoms with E-state index in [0.717, 1.165) is 41.2 Å². The zero-order valence-corrected chi connectivity index (χ0v) is 17.7. The maximum Gasteiger partial charge on any atom is 0.416 e. The Morgan fingerprint density at radius 2 is 1.81 bits per heavy atom. The highest BCUT2D eigenvalue weighted by atomic mass is 32.2. The molecule has 2 heterocycles. The number of carbonyl (C=O) groups excluding carboxylic acids is 1. The van der Waals surface area contributed by atoms with Gasteiger partial charge in [-0.2, -0.15) is 13.2 Å². The van der Waals surface area contributed by atoms with Gasteiger partial charge in [0.1, 0.15) is 4.21 Å². The van der Waals surface area contributed by atoms with E-state index in [0.29, 0.717) is 30.8 Å². The standard InChI is InChI=1S/C21H17F3N2O3S2/c22-21(23,24)16-7-5-14(6-8-16)20(27)25-17-9-10-18-15(13-17)3-1-11-26(18)31(28,29)19-4-2-12-30-19/h2,4-10,12-13H,1,3,11H2,(H,25,27). The second-order valence-electron chi connectivity index (χ2n) is 6.99. The van der Waals surface area contributed by atoms with Gasteiger partial charge in [0.2, 0.25) is 0 Å². The Labute approximate surface area is 181 Å². The van der Waals surface area contributed by atoms with Crippen molar-refractivity contribution < 1.29 is 26.4 Å². The minimum absolute atomic E-state index is 0.0904. The van der Waals surface area contributed by atoms with Crippen LogP contribution in [0.25, 0.3) is 0 Å². The molecule has 3 aromatic rings. The first kappa shape index (κ1) is 21.4. The first-order valence-electron chi connectivity index (χ1n) is 9.34. The van der Waals surface area contributed by atoms with Crippen LogP contribution in [0.1, 0.15) is 27.9 Å². The smallest absolute Gasteiger partial charge is 0.322 e. The lowest BCUT2D eigenvalue weighted by atomic mass is 10.0. The minimum atomic E-state index is -4.47. The third-order valence-electron chi connectivity index (χ3n) is 4.93. The summed E-state index contributed by atoms with van der Waals surface area (Å²) < 4.78 is 65.6. The van der Waals surface area contributed by atoms with Crippen molar-refractivity contribution in [3.8, 4) is 0 Å². The maximum absolute atomic E-state index is 12.9. The number of halogens is 3. The number of anilines is 2. The molecular formula is C21H17F3N2O3S2. The van der Waals surface area contributed by atoms with E-state index >= 15 is 0 Å². The Hall–Kier alpha value is -2.85. The summed E-state index contributed by atoms with van der Waals surface area (Å²) in [6.07, 6.45) is -3.19. The monoisotopic (exact) mass is 466 g/mol. The summed E-state index contributed by atoms with van der Waals surface area (Å²) in [5.74, 6) is -0.549. The zero-order valence-electron chi connectivity index (χ0n) is 16.0. The van der Waals surface area contributed by atoms with Gasteiger partial charge in [0.25, 0.3) is 15.9 Å². The number of nitrogens with zero attached hydrogens (tertiary/aromatic N) is 1. The van der Waals surface area contributed by atoms with Crippen molar-refractivity contribution in [2.24, 2.45) is 0 Å². The van der Waals surface area contributed by atoms with Crippen LogP contribution >= 0.6 is 11.3 Å². The molecule has 1 amide bonds. The number of benzene rings is 2. The van der Waals surface area contributed by atoms with E-state index in [1.165, 1.54) is 4.31 Å². The fraction of sp³-hybridized carbons (Fsp3) is 0.190. The van der Waals surface area contributed by atoms with E-state index in [1.807, 2.05) is 0 Å². The summed E-state index contributed by atoms with van der Waals surface area (Å²) >= 11 is 1.15. The molecule has 4 rings (SSSR count). The normalized spacial score (nSPS) is 14.2. The predicted octanol–water partition coefficient (Wildman–Crippen LogP) is 5.16. The molecule has 0 saturated carbocycles. The fourth-order valence-corrected chi connectivity index (χ4v) is 6.07. The van der Waals surface area contributed by atoms with Crippen molar-refractivity contribution in [3.05, 3.63) is 76.7 Å². The predicted molar refractivity (Wildman–Crippen MR) is 113 cm³/mol. The average Bonchev–Trinajstić information content (AvgIpc) is 3.28. The van der Waals surface area contributed by atoms with Crippen molar-refractivity contribution in [1.29, 1.82) is 0 Å². The summed E-state index contributed by atoms with van der Waals surface area (Å²) in [7, 11) is -3.65. The van der Waals surface area contributed by atoms with Crippen molar-refractivity contribution in [2.75, 3.05) is 16.2 Å². The molecule has 31 heavy (non-hydrogen) atoms. The third-order valence-corrected chi connectivity index (χ3v) is 8.11. The molecule has 162 valence electrons. The second kappa shape index (κ2) is 8.01. The van der Waals surface area contributed by atoms with Gasteiger partial charge in [-0.1, -0.05) is 6.07 Å². The number of fused-ring (bicyclic) bond motifs is 1. The lowest BCUT2D eigenvalue weighted by Gasteiger charge is -2.30. The average molecular weight is 467 g/mol. The number of aryl methyl sites for hydroxylation is 1. The van der Waals surface area contributed by atoms with Crippen molar-refractivity contribution in [2.45, 2.75) is 23.2 Å². The van der Waals surface area contributed by atoms with Gasteiger partial charge in [0, 0.05) is 17.8 Å². The third kappa shape index (κ3) is 4.31. The molecule has 0 spiro atoms. The highest BCUT2D eigenvalue weighted by Crippen LogP contribution is 2.35. The number of hydrogen-bond acceptors (Lipinski definition) is 4. The van der Waals surface area contributed by atoms with E-state index in [2.05, 4.69) is 5.32 Å². The summed E-state index contributed by atoms with van der Waals surface area (Å²) in [5.41, 5.74) is 1.04. The molecule has 0 atom stereocenters. The summed E-state index contributed by atoms with van der Waals surface area (Å²) in [6, 6.07) is 12.1. The Morgan fingerprint density at radius 1 is 1.06 bits per heavy atom. The van der Waals surface area contributed by atoms with Crippen molar-refractivity contribution in [3.63, 3.8) is 0 Å². The fourth-order valence-electron chi connectivity index (χ4n) is 3.42. The van der Waals surface area contributed by atoms with Crippen LogP contribution < -0.4 is 9.62 Å². The number of sulfonamides is 1. The van der Waals surface area contributed by atoms with Gasteiger partial charge in [-0.25, -0.2) is 8.42 Å². The lowest BCUT2D eigenvalue weighted by molar-refractivity contribution is -0.137. The van der Waals surface area contributed by atoms with Gasteiger partial charge in [0.15, 0.2) is 0 Å². The number of alkyl halides is 3.